The molecule has 3 heteroatoms. The van der Waals surface area contributed by atoms with Crippen molar-refractivity contribution in [3.8, 4) is 0 Å². The van der Waals surface area contributed by atoms with Gasteiger partial charge in [-0.15, -0.1) is 0 Å². The quantitative estimate of drug-likeness (QED) is 0.748. The van der Waals surface area contributed by atoms with Crippen molar-refractivity contribution in [1.82, 2.24) is 0 Å². The van der Waals surface area contributed by atoms with E-state index in [0.29, 0.717) is 5.56 Å². The van der Waals surface area contributed by atoms with E-state index in [1.165, 1.54) is 12.5 Å². The van der Waals surface area contributed by atoms with Gasteiger partial charge >= 0.3 is 0 Å². The molecule has 76 valence electrons. The molecule has 0 aliphatic rings. The van der Waals surface area contributed by atoms with E-state index >= 15 is 0 Å². The topological polar surface area (TPSA) is 33.5 Å². The third-order valence-electron chi connectivity index (χ3n) is 2.22. The zero-order valence-electron chi connectivity index (χ0n) is 8.38. The van der Waals surface area contributed by atoms with Gasteiger partial charge in [-0.05, 0) is 18.2 Å². The second-order valence-corrected chi connectivity index (χ2v) is 3.21. The predicted molar refractivity (Wildman–Crippen MR) is 57.9 cm³/mol. The molecule has 0 bridgehead atoms. The fraction of sp³-hybridized carbons (Fsp3) is 0.0833. The average Bonchev–Trinajstić information content (AvgIpc) is 2.82. The Balaban J connectivity index is 2.23. The lowest BCUT2D eigenvalue weighted by Crippen LogP contribution is -2.25. The van der Waals surface area contributed by atoms with Crippen molar-refractivity contribution in [1.29, 1.82) is 0 Å². The summed E-state index contributed by atoms with van der Waals surface area (Å²) in [4.78, 5) is 13.5. The van der Waals surface area contributed by atoms with Crippen LogP contribution in [0.2, 0.25) is 0 Å². The summed E-state index contributed by atoms with van der Waals surface area (Å²) in [6.07, 6.45) is 2.94. The summed E-state index contributed by atoms with van der Waals surface area (Å²) in [5, 5.41) is 0. The molecule has 1 amide bonds. The number of amides is 1. The molecular formula is C12H11NO2. The first-order valence-corrected chi connectivity index (χ1v) is 4.64. The number of nitrogens with zero attached hydrogens (tertiary/aromatic N) is 1. The second-order valence-electron chi connectivity index (χ2n) is 3.21. The molecule has 0 saturated carbocycles. The molecule has 15 heavy (non-hydrogen) atoms. The van der Waals surface area contributed by atoms with Crippen LogP contribution in [-0.2, 0) is 0 Å². The third-order valence-corrected chi connectivity index (χ3v) is 2.22. The minimum Gasteiger partial charge on any atom is -0.472 e. The Hall–Kier alpha value is -2.03. The molecular weight excluding hydrogens is 190 g/mol. The SMILES string of the molecule is CN(C(=O)c1ccoc1)c1ccccc1. The zero-order chi connectivity index (χ0) is 10.7. The minimum atomic E-state index is -0.0741. The van der Waals surface area contributed by atoms with Gasteiger partial charge in [0.15, 0.2) is 0 Å². The summed E-state index contributed by atoms with van der Waals surface area (Å²) < 4.78 is 4.87. The molecule has 2 rings (SSSR count). The van der Waals surface area contributed by atoms with Gasteiger partial charge in [0.05, 0.1) is 11.8 Å². The first-order valence-electron chi connectivity index (χ1n) is 4.64. The fourth-order valence-electron chi connectivity index (χ4n) is 1.35. The fourth-order valence-corrected chi connectivity index (χ4v) is 1.35. The number of anilines is 1. The molecule has 3 nitrogen and oxygen atoms in total. The summed E-state index contributed by atoms with van der Waals surface area (Å²) in [6, 6.07) is 11.1. The Bertz CT molecular complexity index is 434. The van der Waals surface area contributed by atoms with Crippen LogP contribution in [0.5, 0.6) is 0 Å². The number of rotatable bonds is 2. The van der Waals surface area contributed by atoms with E-state index in [4.69, 9.17) is 4.42 Å². The highest BCUT2D eigenvalue weighted by Gasteiger charge is 2.13. The van der Waals surface area contributed by atoms with E-state index in [0.717, 1.165) is 5.69 Å². The number of hydrogen-bond acceptors (Lipinski definition) is 2. The maximum absolute atomic E-state index is 11.9. The van der Waals surface area contributed by atoms with Gasteiger partial charge < -0.3 is 9.32 Å². The van der Waals surface area contributed by atoms with Crippen molar-refractivity contribution in [3.05, 3.63) is 54.5 Å². The Morgan fingerprint density at radius 3 is 2.53 bits per heavy atom. The molecule has 0 aliphatic heterocycles. The molecule has 0 spiro atoms. The lowest BCUT2D eigenvalue weighted by molar-refractivity contribution is 0.0992. The molecule has 1 heterocycles. The molecule has 0 N–H and O–H groups in total. The van der Waals surface area contributed by atoms with Crippen molar-refractivity contribution in [2.24, 2.45) is 0 Å². The average molecular weight is 201 g/mol. The van der Waals surface area contributed by atoms with E-state index < -0.39 is 0 Å². The Labute approximate surface area is 87.9 Å². The zero-order valence-corrected chi connectivity index (χ0v) is 8.38. The Kier molecular flexibility index (Phi) is 2.54. The standard InChI is InChI=1S/C12H11NO2/c1-13(11-5-3-2-4-6-11)12(14)10-7-8-15-9-10/h2-9H,1H3. The second kappa shape index (κ2) is 4.00. The summed E-state index contributed by atoms with van der Waals surface area (Å²) in [5.41, 5.74) is 1.42. The van der Waals surface area contributed by atoms with Crippen LogP contribution >= 0.6 is 0 Å². The summed E-state index contributed by atoms with van der Waals surface area (Å²) in [6.45, 7) is 0. The van der Waals surface area contributed by atoms with Crippen molar-refractivity contribution < 1.29 is 9.21 Å². The number of carbonyl (C=O) groups excluding carboxylic acids is 1. The van der Waals surface area contributed by atoms with Crippen LogP contribution in [0.4, 0.5) is 5.69 Å². The van der Waals surface area contributed by atoms with Gasteiger partial charge in [0, 0.05) is 12.7 Å². The van der Waals surface area contributed by atoms with Crippen LogP contribution in [0, 0.1) is 0 Å². The number of hydrogen-bond donors (Lipinski definition) is 0. The highest BCUT2D eigenvalue weighted by molar-refractivity contribution is 6.05. The van der Waals surface area contributed by atoms with E-state index in [9.17, 15) is 4.79 Å². The van der Waals surface area contributed by atoms with Crippen LogP contribution in [0.3, 0.4) is 0 Å². The largest absolute Gasteiger partial charge is 0.472 e. The lowest BCUT2D eigenvalue weighted by atomic mass is 10.2. The van der Waals surface area contributed by atoms with Crippen molar-refractivity contribution in [2.75, 3.05) is 11.9 Å². The van der Waals surface area contributed by atoms with Crippen molar-refractivity contribution in [2.45, 2.75) is 0 Å². The number of carbonyl (C=O) groups is 1. The lowest BCUT2D eigenvalue weighted by Gasteiger charge is -2.15. The molecule has 0 unspecified atom stereocenters. The summed E-state index contributed by atoms with van der Waals surface area (Å²) >= 11 is 0. The number of para-hydroxylation sites is 1. The first kappa shape index (κ1) is 9.52. The molecule has 0 saturated heterocycles. The van der Waals surface area contributed by atoms with Crippen LogP contribution < -0.4 is 4.90 Å². The maximum atomic E-state index is 11.9. The molecule has 2 aromatic rings. The number of benzene rings is 1. The molecule has 0 radical (unpaired) electrons. The van der Waals surface area contributed by atoms with Gasteiger partial charge in [0.25, 0.3) is 5.91 Å². The van der Waals surface area contributed by atoms with Crippen LogP contribution in [0.1, 0.15) is 10.4 Å². The highest BCUT2D eigenvalue weighted by atomic mass is 16.3. The van der Waals surface area contributed by atoms with Crippen LogP contribution in [0.25, 0.3) is 0 Å². The Morgan fingerprint density at radius 2 is 1.93 bits per heavy atom. The summed E-state index contributed by atoms with van der Waals surface area (Å²) in [5.74, 6) is -0.0741. The van der Waals surface area contributed by atoms with Gasteiger partial charge in [0.1, 0.15) is 6.26 Å². The molecule has 0 aliphatic carbocycles. The smallest absolute Gasteiger partial charge is 0.261 e. The molecule has 1 aromatic heterocycles. The Morgan fingerprint density at radius 1 is 1.20 bits per heavy atom. The maximum Gasteiger partial charge on any atom is 0.261 e. The van der Waals surface area contributed by atoms with Gasteiger partial charge in [-0.2, -0.15) is 0 Å². The molecule has 1 aromatic carbocycles. The summed E-state index contributed by atoms with van der Waals surface area (Å²) in [7, 11) is 1.74. The molecule has 0 fully saturated rings. The van der Waals surface area contributed by atoms with Crippen molar-refractivity contribution in [3.63, 3.8) is 0 Å². The third kappa shape index (κ3) is 1.91. The monoisotopic (exact) mass is 201 g/mol. The van der Waals surface area contributed by atoms with E-state index in [-0.39, 0.29) is 5.91 Å². The first-order chi connectivity index (χ1) is 7.29. The highest BCUT2D eigenvalue weighted by Crippen LogP contribution is 2.14. The van der Waals surface area contributed by atoms with Gasteiger partial charge in [-0.1, -0.05) is 18.2 Å². The van der Waals surface area contributed by atoms with E-state index in [2.05, 4.69) is 0 Å². The van der Waals surface area contributed by atoms with Gasteiger partial charge in [0.2, 0.25) is 0 Å². The van der Waals surface area contributed by atoms with Gasteiger partial charge in [-0.3, -0.25) is 4.79 Å². The molecule has 0 atom stereocenters. The van der Waals surface area contributed by atoms with Gasteiger partial charge in [-0.25, -0.2) is 0 Å². The van der Waals surface area contributed by atoms with Crippen LogP contribution in [-0.4, -0.2) is 13.0 Å². The predicted octanol–water partition coefficient (Wildman–Crippen LogP) is 2.56. The normalized spacial score (nSPS) is 9.93. The van der Waals surface area contributed by atoms with Crippen LogP contribution in [0.15, 0.2) is 53.3 Å². The van der Waals surface area contributed by atoms with E-state index in [1.54, 1.807) is 18.0 Å². The van der Waals surface area contributed by atoms with Crippen molar-refractivity contribution >= 4 is 11.6 Å². The minimum absolute atomic E-state index is 0.0741. The van der Waals surface area contributed by atoms with E-state index in [1.807, 2.05) is 30.3 Å². The number of furan rings is 1.